The summed E-state index contributed by atoms with van der Waals surface area (Å²) in [6.07, 6.45) is 2.20. The van der Waals surface area contributed by atoms with E-state index in [0.717, 1.165) is 19.6 Å². The van der Waals surface area contributed by atoms with E-state index in [9.17, 15) is 5.11 Å². The predicted molar refractivity (Wildman–Crippen MR) is 75.6 cm³/mol. The molecule has 2 rings (SSSR count). The number of nitrogens with zero attached hydrogens (tertiary/aromatic N) is 1. The van der Waals surface area contributed by atoms with E-state index in [-0.39, 0.29) is 6.10 Å². The number of hydrogen-bond acceptors (Lipinski definition) is 2. The molecule has 100 valence electrons. The third kappa shape index (κ3) is 3.56. The molecule has 1 aromatic carbocycles. The van der Waals surface area contributed by atoms with Crippen LogP contribution in [0, 0.1) is 19.8 Å². The third-order valence-corrected chi connectivity index (χ3v) is 3.91. The Hall–Kier alpha value is -0.860. The molecule has 0 amide bonds. The molecule has 0 bridgehead atoms. The van der Waals surface area contributed by atoms with E-state index in [0.29, 0.717) is 5.92 Å². The summed E-state index contributed by atoms with van der Waals surface area (Å²) in [5.74, 6) is 0.449. The average Bonchev–Trinajstić information content (AvgIpc) is 2.27. The molecule has 0 aromatic heterocycles. The number of hydrogen-bond donors (Lipinski definition) is 1. The highest BCUT2D eigenvalue weighted by molar-refractivity contribution is 5.28. The number of aryl methyl sites for hydroxylation is 2. The van der Waals surface area contributed by atoms with E-state index in [2.05, 4.69) is 36.9 Å². The molecule has 1 aliphatic rings. The zero-order valence-electron chi connectivity index (χ0n) is 11.8. The van der Waals surface area contributed by atoms with Gasteiger partial charge in [0.05, 0.1) is 6.10 Å². The molecular weight excluding hydrogens is 222 g/mol. The van der Waals surface area contributed by atoms with Crippen molar-refractivity contribution in [2.45, 2.75) is 46.3 Å². The SMILES string of the molecule is Cc1cc(C)cc(CN2CCCC(C(C)O)C2)c1. The van der Waals surface area contributed by atoms with Crippen LogP contribution in [-0.2, 0) is 6.54 Å². The van der Waals surface area contributed by atoms with E-state index in [1.807, 2.05) is 6.92 Å². The zero-order valence-corrected chi connectivity index (χ0v) is 11.8. The van der Waals surface area contributed by atoms with Crippen molar-refractivity contribution < 1.29 is 5.11 Å². The van der Waals surface area contributed by atoms with E-state index in [4.69, 9.17) is 0 Å². The minimum Gasteiger partial charge on any atom is -0.393 e. The molecule has 0 spiro atoms. The van der Waals surface area contributed by atoms with E-state index in [1.54, 1.807) is 0 Å². The van der Waals surface area contributed by atoms with Crippen LogP contribution in [-0.4, -0.2) is 29.2 Å². The fraction of sp³-hybridized carbons (Fsp3) is 0.625. The van der Waals surface area contributed by atoms with Crippen molar-refractivity contribution in [2.75, 3.05) is 13.1 Å². The lowest BCUT2D eigenvalue weighted by Crippen LogP contribution is -2.39. The second kappa shape index (κ2) is 5.85. The fourth-order valence-electron chi connectivity index (χ4n) is 3.05. The summed E-state index contributed by atoms with van der Waals surface area (Å²) >= 11 is 0. The molecule has 18 heavy (non-hydrogen) atoms. The Morgan fingerprint density at radius 3 is 2.56 bits per heavy atom. The maximum atomic E-state index is 9.72. The summed E-state index contributed by atoms with van der Waals surface area (Å²) in [6, 6.07) is 6.77. The summed E-state index contributed by atoms with van der Waals surface area (Å²) in [5.41, 5.74) is 4.09. The predicted octanol–water partition coefficient (Wildman–Crippen LogP) is 2.90. The van der Waals surface area contributed by atoms with Crippen LogP contribution in [0.3, 0.4) is 0 Å². The molecule has 0 saturated carbocycles. The molecule has 1 aliphatic heterocycles. The second-order valence-corrected chi connectivity index (χ2v) is 5.87. The summed E-state index contributed by atoms with van der Waals surface area (Å²) in [6.45, 7) is 9.45. The Bertz CT molecular complexity index is 380. The Morgan fingerprint density at radius 2 is 1.94 bits per heavy atom. The number of rotatable bonds is 3. The van der Waals surface area contributed by atoms with Gasteiger partial charge in [-0.05, 0) is 51.6 Å². The molecule has 1 N–H and O–H groups in total. The highest BCUT2D eigenvalue weighted by atomic mass is 16.3. The van der Waals surface area contributed by atoms with Crippen molar-refractivity contribution in [1.29, 1.82) is 0 Å². The first-order chi connectivity index (χ1) is 8.54. The highest BCUT2D eigenvalue weighted by Gasteiger charge is 2.23. The lowest BCUT2D eigenvalue weighted by atomic mass is 9.93. The van der Waals surface area contributed by atoms with Gasteiger partial charge in [-0.3, -0.25) is 4.90 Å². The largest absolute Gasteiger partial charge is 0.393 e. The third-order valence-electron chi connectivity index (χ3n) is 3.91. The van der Waals surface area contributed by atoms with Gasteiger partial charge in [0.2, 0.25) is 0 Å². The lowest BCUT2D eigenvalue weighted by Gasteiger charge is -2.34. The van der Waals surface area contributed by atoms with Gasteiger partial charge in [0, 0.05) is 13.1 Å². The maximum absolute atomic E-state index is 9.72. The number of benzene rings is 1. The van der Waals surface area contributed by atoms with Crippen molar-refractivity contribution in [3.8, 4) is 0 Å². The van der Waals surface area contributed by atoms with E-state index in [1.165, 1.54) is 29.5 Å². The maximum Gasteiger partial charge on any atom is 0.0552 e. The van der Waals surface area contributed by atoms with Crippen LogP contribution in [0.2, 0.25) is 0 Å². The molecule has 1 aromatic rings. The number of piperidine rings is 1. The molecule has 1 fully saturated rings. The highest BCUT2D eigenvalue weighted by Crippen LogP contribution is 2.21. The molecule has 2 unspecified atom stereocenters. The molecule has 2 heteroatoms. The zero-order chi connectivity index (χ0) is 13.1. The quantitative estimate of drug-likeness (QED) is 0.888. The van der Waals surface area contributed by atoms with Gasteiger partial charge < -0.3 is 5.11 Å². The van der Waals surface area contributed by atoms with Crippen LogP contribution in [0.4, 0.5) is 0 Å². The topological polar surface area (TPSA) is 23.5 Å². The summed E-state index contributed by atoms with van der Waals surface area (Å²) in [7, 11) is 0. The van der Waals surface area contributed by atoms with Crippen molar-refractivity contribution in [3.63, 3.8) is 0 Å². The molecule has 2 nitrogen and oxygen atoms in total. The first kappa shape index (κ1) is 13.6. The van der Waals surface area contributed by atoms with Gasteiger partial charge in [-0.1, -0.05) is 29.3 Å². The smallest absolute Gasteiger partial charge is 0.0552 e. The standard InChI is InChI=1S/C16H25NO/c1-12-7-13(2)9-15(8-12)10-17-6-4-5-16(11-17)14(3)18/h7-9,14,16,18H,4-6,10-11H2,1-3H3. The lowest BCUT2D eigenvalue weighted by molar-refractivity contribution is 0.0599. The fourth-order valence-corrected chi connectivity index (χ4v) is 3.05. The van der Waals surface area contributed by atoms with Crippen molar-refractivity contribution >= 4 is 0 Å². The molecule has 0 radical (unpaired) electrons. The minimum absolute atomic E-state index is 0.174. The van der Waals surface area contributed by atoms with Crippen LogP contribution in [0.1, 0.15) is 36.5 Å². The van der Waals surface area contributed by atoms with Gasteiger partial charge >= 0.3 is 0 Å². The van der Waals surface area contributed by atoms with Crippen molar-refractivity contribution in [1.82, 2.24) is 4.90 Å². The first-order valence-electron chi connectivity index (χ1n) is 7.02. The molecule has 1 saturated heterocycles. The summed E-state index contributed by atoms with van der Waals surface area (Å²) in [4.78, 5) is 2.48. The van der Waals surface area contributed by atoms with Crippen LogP contribution < -0.4 is 0 Å². The van der Waals surface area contributed by atoms with Gasteiger partial charge in [-0.25, -0.2) is 0 Å². The number of aliphatic hydroxyl groups is 1. The first-order valence-corrected chi connectivity index (χ1v) is 7.02. The summed E-state index contributed by atoms with van der Waals surface area (Å²) in [5, 5.41) is 9.72. The molecule has 2 atom stereocenters. The van der Waals surface area contributed by atoms with Gasteiger partial charge in [0.1, 0.15) is 0 Å². The van der Waals surface area contributed by atoms with Gasteiger partial charge in [0.25, 0.3) is 0 Å². The Morgan fingerprint density at radius 1 is 1.28 bits per heavy atom. The Labute approximate surface area is 111 Å². The summed E-state index contributed by atoms with van der Waals surface area (Å²) < 4.78 is 0. The Balaban J connectivity index is 2.00. The Kier molecular flexibility index (Phi) is 4.41. The van der Waals surface area contributed by atoms with E-state index >= 15 is 0 Å². The van der Waals surface area contributed by atoms with Gasteiger partial charge in [0.15, 0.2) is 0 Å². The molecule has 1 heterocycles. The average molecular weight is 247 g/mol. The van der Waals surface area contributed by atoms with Gasteiger partial charge in [-0.15, -0.1) is 0 Å². The normalized spacial score (nSPS) is 23.0. The van der Waals surface area contributed by atoms with Crippen molar-refractivity contribution in [2.24, 2.45) is 5.92 Å². The van der Waals surface area contributed by atoms with Crippen LogP contribution in [0.5, 0.6) is 0 Å². The monoisotopic (exact) mass is 247 g/mol. The van der Waals surface area contributed by atoms with Crippen LogP contribution in [0.15, 0.2) is 18.2 Å². The second-order valence-electron chi connectivity index (χ2n) is 5.87. The van der Waals surface area contributed by atoms with Gasteiger partial charge in [-0.2, -0.15) is 0 Å². The number of likely N-dealkylation sites (tertiary alicyclic amines) is 1. The minimum atomic E-state index is -0.174. The van der Waals surface area contributed by atoms with E-state index < -0.39 is 0 Å². The molecule has 0 aliphatic carbocycles. The van der Waals surface area contributed by atoms with Crippen molar-refractivity contribution in [3.05, 3.63) is 34.9 Å². The molecular formula is C16H25NO. The number of aliphatic hydroxyl groups excluding tert-OH is 1. The van der Waals surface area contributed by atoms with Crippen LogP contribution >= 0.6 is 0 Å². The van der Waals surface area contributed by atoms with Crippen LogP contribution in [0.25, 0.3) is 0 Å².